The Hall–Kier alpha value is -1.26. The Morgan fingerprint density at radius 2 is 1.80 bits per heavy atom. The summed E-state index contributed by atoms with van der Waals surface area (Å²) < 4.78 is 9.57. The van der Waals surface area contributed by atoms with Crippen LogP contribution in [0.1, 0.15) is 27.7 Å². The van der Waals surface area contributed by atoms with E-state index in [4.69, 9.17) is 4.74 Å². The predicted molar refractivity (Wildman–Crippen MR) is 55.4 cm³/mol. The molecule has 0 bridgehead atoms. The third-order valence-electron chi connectivity index (χ3n) is 1.52. The summed E-state index contributed by atoms with van der Waals surface area (Å²) in [5.41, 5.74) is 0. The number of nitrogens with one attached hydrogen (secondary N) is 1. The third kappa shape index (κ3) is 6.76. The molecule has 0 aromatic rings. The Kier molecular flexibility index (Phi) is 6.49. The molecule has 0 spiro atoms. The summed E-state index contributed by atoms with van der Waals surface area (Å²) >= 11 is 0. The Labute approximate surface area is 90.1 Å². The van der Waals surface area contributed by atoms with Gasteiger partial charge in [0, 0.05) is 0 Å². The lowest BCUT2D eigenvalue weighted by molar-refractivity contribution is -0.146. The van der Waals surface area contributed by atoms with Gasteiger partial charge in [0.25, 0.3) is 0 Å². The fourth-order valence-electron chi connectivity index (χ4n) is 0.782. The fraction of sp³-hybridized carbons (Fsp3) is 0.800. The van der Waals surface area contributed by atoms with E-state index in [9.17, 15) is 9.59 Å². The average molecular weight is 217 g/mol. The van der Waals surface area contributed by atoms with E-state index in [-0.39, 0.29) is 12.5 Å². The van der Waals surface area contributed by atoms with Crippen molar-refractivity contribution in [2.45, 2.75) is 33.7 Å². The highest BCUT2D eigenvalue weighted by atomic mass is 16.6. The van der Waals surface area contributed by atoms with Crippen LogP contribution in [0.25, 0.3) is 0 Å². The van der Waals surface area contributed by atoms with E-state index in [1.807, 2.05) is 13.8 Å². The highest BCUT2D eigenvalue weighted by molar-refractivity contribution is 5.80. The maximum Gasteiger partial charge on any atom is 0.407 e. The Morgan fingerprint density at radius 1 is 1.20 bits per heavy atom. The quantitative estimate of drug-likeness (QED) is 0.705. The predicted octanol–water partition coefficient (Wildman–Crippen LogP) is 1.32. The van der Waals surface area contributed by atoms with Gasteiger partial charge in [0.2, 0.25) is 0 Å². The van der Waals surface area contributed by atoms with Gasteiger partial charge < -0.3 is 14.8 Å². The molecule has 0 heterocycles. The van der Waals surface area contributed by atoms with Crippen molar-refractivity contribution in [3.8, 4) is 0 Å². The third-order valence-corrected chi connectivity index (χ3v) is 1.52. The van der Waals surface area contributed by atoms with E-state index in [1.165, 1.54) is 0 Å². The number of carbonyl (C=O) groups excluding carboxylic acids is 2. The first-order chi connectivity index (χ1) is 6.97. The van der Waals surface area contributed by atoms with Crippen molar-refractivity contribution in [1.29, 1.82) is 0 Å². The van der Waals surface area contributed by atoms with Crippen molar-refractivity contribution in [3.63, 3.8) is 0 Å². The molecule has 0 fully saturated rings. The number of hydrogen-bond acceptors (Lipinski definition) is 4. The Balaban J connectivity index is 3.83. The molecule has 0 radical (unpaired) electrons. The van der Waals surface area contributed by atoms with Crippen molar-refractivity contribution < 1.29 is 19.1 Å². The minimum atomic E-state index is -0.678. The second-order valence-electron chi connectivity index (χ2n) is 3.61. The lowest BCUT2D eigenvalue weighted by atomic mass is 10.2. The number of alkyl carbamates (subject to hydrolysis) is 1. The molecular weight excluding hydrogens is 198 g/mol. The van der Waals surface area contributed by atoms with E-state index in [1.54, 1.807) is 13.8 Å². The largest absolute Gasteiger partial charge is 0.464 e. The lowest BCUT2D eigenvalue weighted by Crippen LogP contribution is -2.40. The second kappa shape index (κ2) is 7.09. The zero-order valence-corrected chi connectivity index (χ0v) is 9.70. The normalized spacial score (nSPS) is 12.1. The van der Waals surface area contributed by atoms with Crippen LogP contribution < -0.4 is 5.32 Å². The van der Waals surface area contributed by atoms with Crippen LogP contribution in [0.15, 0.2) is 0 Å². The van der Waals surface area contributed by atoms with Gasteiger partial charge in [-0.1, -0.05) is 13.8 Å². The number of hydrogen-bond donors (Lipinski definition) is 1. The van der Waals surface area contributed by atoms with Crippen LogP contribution in [0.4, 0.5) is 4.79 Å². The molecule has 0 aliphatic carbocycles. The van der Waals surface area contributed by atoms with Gasteiger partial charge in [-0.2, -0.15) is 0 Å². The molecule has 88 valence electrons. The summed E-state index contributed by atoms with van der Waals surface area (Å²) in [6.07, 6.45) is -0.605. The van der Waals surface area contributed by atoms with Crippen LogP contribution >= 0.6 is 0 Å². The number of rotatable bonds is 5. The van der Waals surface area contributed by atoms with E-state index in [0.29, 0.717) is 6.61 Å². The highest BCUT2D eigenvalue weighted by Gasteiger charge is 2.17. The average Bonchev–Trinajstić information content (AvgIpc) is 2.14. The first-order valence-electron chi connectivity index (χ1n) is 5.07. The molecule has 0 rings (SSSR count). The molecule has 0 aromatic heterocycles. The molecule has 5 nitrogen and oxygen atoms in total. The molecule has 0 saturated heterocycles. The highest BCUT2D eigenvalue weighted by Crippen LogP contribution is 1.96. The standard InChI is InChI=1S/C10H19NO4/c1-5-14-10(13)11-8(4)9(12)15-6-7(2)3/h7-8H,5-6H2,1-4H3,(H,11,13). The second-order valence-corrected chi connectivity index (χ2v) is 3.61. The molecule has 0 aromatic carbocycles. The lowest BCUT2D eigenvalue weighted by Gasteiger charge is -2.13. The van der Waals surface area contributed by atoms with Gasteiger partial charge in [-0.3, -0.25) is 0 Å². The molecule has 1 N–H and O–H groups in total. The van der Waals surface area contributed by atoms with Gasteiger partial charge in [0.05, 0.1) is 13.2 Å². The fourth-order valence-corrected chi connectivity index (χ4v) is 0.782. The number of ether oxygens (including phenoxy) is 2. The topological polar surface area (TPSA) is 64.6 Å². The van der Waals surface area contributed by atoms with Gasteiger partial charge in [0.1, 0.15) is 6.04 Å². The molecule has 0 aliphatic rings. The molecular formula is C10H19NO4. The van der Waals surface area contributed by atoms with Gasteiger partial charge in [0.15, 0.2) is 0 Å². The molecule has 0 saturated carbocycles. The van der Waals surface area contributed by atoms with Crippen molar-refractivity contribution in [1.82, 2.24) is 5.32 Å². The van der Waals surface area contributed by atoms with Gasteiger partial charge >= 0.3 is 12.1 Å². The molecule has 1 atom stereocenters. The van der Waals surface area contributed by atoms with E-state index < -0.39 is 18.1 Å². The van der Waals surface area contributed by atoms with Crippen LogP contribution in [0.5, 0.6) is 0 Å². The summed E-state index contributed by atoms with van der Waals surface area (Å²) in [5.74, 6) is -0.166. The smallest absolute Gasteiger partial charge is 0.407 e. The SMILES string of the molecule is CCOC(=O)NC(C)C(=O)OCC(C)C. The minimum absolute atomic E-state index is 0.277. The van der Waals surface area contributed by atoms with Crippen LogP contribution in [0.3, 0.4) is 0 Å². The van der Waals surface area contributed by atoms with Crippen LogP contribution in [-0.2, 0) is 14.3 Å². The van der Waals surface area contributed by atoms with E-state index >= 15 is 0 Å². The van der Waals surface area contributed by atoms with Crippen molar-refractivity contribution in [2.75, 3.05) is 13.2 Å². The monoisotopic (exact) mass is 217 g/mol. The van der Waals surface area contributed by atoms with Crippen molar-refractivity contribution >= 4 is 12.1 Å². The summed E-state index contributed by atoms with van der Waals surface area (Å²) in [7, 11) is 0. The van der Waals surface area contributed by atoms with Crippen molar-refractivity contribution in [3.05, 3.63) is 0 Å². The number of carbonyl (C=O) groups is 2. The summed E-state index contributed by atoms with van der Waals surface area (Å²) in [4.78, 5) is 22.2. The first-order valence-corrected chi connectivity index (χ1v) is 5.07. The first kappa shape index (κ1) is 13.7. The maximum absolute atomic E-state index is 11.3. The van der Waals surface area contributed by atoms with E-state index in [2.05, 4.69) is 10.1 Å². The number of esters is 1. The summed E-state index contributed by atoms with van der Waals surface area (Å²) in [6, 6.07) is -0.678. The summed E-state index contributed by atoms with van der Waals surface area (Å²) in [6.45, 7) is 7.77. The van der Waals surface area contributed by atoms with Gasteiger partial charge in [-0.25, -0.2) is 9.59 Å². The molecule has 5 heteroatoms. The van der Waals surface area contributed by atoms with Gasteiger partial charge in [-0.15, -0.1) is 0 Å². The minimum Gasteiger partial charge on any atom is -0.464 e. The molecule has 15 heavy (non-hydrogen) atoms. The van der Waals surface area contributed by atoms with E-state index in [0.717, 1.165) is 0 Å². The van der Waals surface area contributed by atoms with Crippen LogP contribution in [-0.4, -0.2) is 31.3 Å². The van der Waals surface area contributed by atoms with Gasteiger partial charge in [-0.05, 0) is 19.8 Å². The Morgan fingerprint density at radius 3 is 2.27 bits per heavy atom. The maximum atomic E-state index is 11.3. The van der Waals surface area contributed by atoms with Crippen molar-refractivity contribution in [2.24, 2.45) is 5.92 Å². The molecule has 1 amide bonds. The molecule has 1 unspecified atom stereocenters. The zero-order valence-electron chi connectivity index (χ0n) is 9.70. The zero-order chi connectivity index (χ0) is 11.8. The Bertz CT molecular complexity index is 215. The van der Waals surface area contributed by atoms with Crippen LogP contribution in [0.2, 0.25) is 0 Å². The number of amides is 1. The summed E-state index contributed by atoms with van der Waals surface area (Å²) in [5, 5.41) is 2.37. The van der Waals surface area contributed by atoms with Crippen LogP contribution in [0, 0.1) is 5.92 Å². The molecule has 0 aliphatic heterocycles.